The van der Waals surface area contributed by atoms with Crippen LogP contribution in [0.15, 0.2) is 67.0 Å². The van der Waals surface area contributed by atoms with Crippen molar-refractivity contribution in [1.82, 2.24) is 10.3 Å². The Kier molecular flexibility index (Phi) is 6.32. The van der Waals surface area contributed by atoms with Gasteiger partial charge < -0.3 is 21.1 Å². The highest BCUT2D eigenvalue weighted by atomic mass is 16.3. The number of carbonyl (C=O) groups is 1. The standard InChI is InChI=1S/C23H27N5O2/c1-16(25-8-9-26-21-14-28(4)15-21)17-6-5-7-20(11-17)27-22(29)18-10-19(13-24-12-18)23(2,3)30/h5-16,26,30H,1-4H3,(H,27,29). The van der Waals surface area contributed by atoms with Crippen molar-refractivity contribution in [2.24, 2.45) is 0 Å². The lowest BCUT2D eigenvalue weighted by molar-refractivity contribution is -0.429. The molecule has 30 heavy (non-hydrogen) atoms. The second-order valence-corrected chi connectivity index (χ2v) is 7.77. The smallest absolute Gasteiger partial charge is 0.257 e. The highest BCUT2D eigenvalue weighted by Gasteiger charge is 2.18. The summed E-state index contributed by atoms with van der Waals surface area (Å²) in [5.74, 6) is -0.283. The van der Waals surface area contributed by atoms with Crippen molar-refractivity contribution in [2.75, 3.05) is 12.4 Å². The summed E-state index contributed by atoms with van der Waals surface area (Å²) in [5, 5.41) is 20.7. The van der Waals surface area contributed by atoms with Crippen LogP contribution in [0.4, 0.5) is 5.69 Å². The summed E-state index contributed by atoms with van der Waals surface area (Å²) in [6.45, 7) is 5.30. The number of pyridine rings is 1. The summed E-state index contributed by atoms with van der Waals surface area (Å²) in [6, 6.07) is 9.16. The molecular weight excluding hydrogens is 378 g/mol. The van der Waals surface area contributed by atoms with Crippen LogP contribution < -0.4 is 10.6 Å². The van der Waals surface area contributed by atoms with Crippen molar-refractivity contribution in [1.29, 1.82) is 0 Å². The molecule has 2 aromatic rings. The molecule has 3 rings (SSSR count). The largest absolute Gasteiger partial charge is 0.683 e. The summed E-state index contributed by atoms with van der Waals surface area (Å²) in [5.41, 5.74) is 2.59. The molecule has 3 N–H and O–H groups in total. The van der Waals surface area contributed by atoms with E-state index in [0.29, 0.717) is 16.8 Å². The van der Waals surface area contributed by atoms with Crippen LogP contribution in [0.2, 0.25) is 0 Å². The maximum atomic E-state index is 12.6. The average Bonchev–Trinajstić information content (AvgIpc) is 2.69. The molecule has 0 aliphatic carbocycles. The van der Waals surface area contributed by atoms with E-state index in [9.17, 15) is 9.90 Å². The predicted octanol–water partition coefficient (Wildman–Crippen LogP) is 3.62. The van der Waals surface area contributed by atoms with Gasteiger partial charge in [-0.25, -0.2) is 4.58 Å². The topological polar surface area (TPSA) is 91.4 Å². The van der Waals surface area contributed by atoms with E-state index in [1.54, 1.807) is 38.5 Å². The Morgan fingerprint density at radius 1 is 1.30 bits per heavy atom. The van der Waals surface area contributed by atoms with Crippen LogP contribution >= 0.6 is 0 Å². The van der Waals surface area contributed by atoms with Crippen LogP contribution in [0.5, 0.6) is 0 Å². The van der Waals surface area contributed by atoms with Gasteiger partial charge in [0.25, 0.3) is 5.91 Å². The lowest BCUT2D eigenvalue weighted by atomic mass is 9.99. The second-order valence-electron chi connectivity index (χ2n) is 7.77. The zero-order valence-corrected chi connectivity index (χ0v) is 17.6. The van der Waals surface area contributed by atoms with E-state index in [2.05, 4.69) is 20.9 Å². The van der Waals surface area contributed by atoms with Crippen molar-refractivity contribution < 1.29 is 14.5 Å². The Morgan fingerprint density at radius 3 is 2.77 bits per heavy atom. The number of anilines is 1. The minimum Gasteiger partial charge on any atom is -0.683 e. The first kappa shape index (κ1) is 21.3. The number of hydrogen-bond acceptors (Lipinski definition) is 4. The molecule has 0 saturated heterocycles. The number of amides is 1. The molecule has 156 valence electrons. The van der Waals surface area contributed by atoms with Crippen molar-refractivity contribution >= 4 is 17.8 Å². The van der Waals surface area contributed by atoms with Gasteiger partial charge in [0.2, 0.25) is 0 Å². The molecule has 0 saturated carbocycles. The number of nitrogens with one attached hydrogen (secondary N) is 2. The van der Waals surface area contributed by atoms with Gasteiger partial charge in [-0.05, 0) is 38.2 Å². The Morgan fingerprint density at radius 2 is 2.07 bits per heavy atom. The fraction of sp³-hybridized carbons (Fsp3) is 0.261. The normalized spacial score (nSPS) is 14.4. The molecule has 0 radical (unpaired) electrons. The third kappa shape index (κ3) is 5.55. The number of benzene rings is 1. The molecule has 1 amide bonds. The zero-order chi connectivity index (χ0) is 21.7. The summed E-state index contributed by atoms with van der Waals surface area (Å²) in [7, 11) is 1.97. The Hall–Kier alpha value is -3.45. The lowest BCUT2D eigenvalue weighted by Crippen LogP contribution is -2.21. The third-order valence-corrected chi connectivity index (χ3v) is 4.65. The number of rotatable bonds is 8. The molecule has 7 heteroatoms. The number of nitrogens with zero attached hydrogens (tertiary/aromatic N) is 3. The molecule has 0 fully saturated rings. The van der Waals surface area contributed by atoms with Crippen molar-refractivity contribution in [3.63, 3.8) is 0 Å². The van der Waals surface area contributed by atoms with Gasteiger partial charge >= 0.3 is 0 Å². The van der Waals surface area contributed by atoms with Crippen LogP contribution in [0.25, 0.3) is 5.32 Å². The van der Waals surface area contributed by atoms with Crippen molar-refractivity contribution in [3.8, 4) is 0 Å². The van der Waals surface area contributed by atoms with E-state index in [4.69, 9.17) is 0 Å². The minimum absolute atomic E-state index is 0.0675. The quantitative estimate of drug-likeness (QED) is 0.585. The molecule has 1 aliphatic heterocycles. The first-order valence-electron chi connectivity index (χ1n) is 9.72. The SMILES string of the molecule is CC([N-]C=CNC1=C[N+](C)=C1)c1cccc(NC(=O)c2cncc(C(C)(C)O)c2)c1. The Labute approximate surface area is 176 Å². The number of aliphatic hydroxyl groups is 1. The van der Waals surface area contributed by atoms with Crippen LogP contribution in [0.1, 0.15) is 48.3 Å². The van der Waals surface area contributed by atoms with Gasteiger partial charge in [0.1, 0.15) is 7.05 Å². The Bertz CT molecular complexity index is 1020. The Balaban J connectivity index is 1.60. The van der Waals surface area contributed by atoms with E-state index in [0.717, 1.165) is 11.3 Å². The van der Waals surface area contributed by atoms with Gasteiger partial charge in [0.05, 0.1) is 11.2 Å². The molecule has 2 heterocycles. The fourth-order valence-electron chi connectivity index (χ4n) is 2.87. The fourth-order valence-corrected chi connectivity index (χ4v) is 2.87. The molecule has 1 aromatic heterocycles. The van der Waals surface area contributed by atoms with E-state index in [-0.39, 0.29) is 11.9 Å². The maximum Gasteiger partial charge on any atom is 0.257 e. The summed E-state index contributed by atoms with van der Waals surface area (Å²) in [6.07, 6.45) is 10.5. The van der Waals surface area contributed by atoms with E-state index < -0.39 is 5.60 Å². The molecule has 1 aliphatic rings. The lowest BCUT2D eigenvalue weighted by Gasteiger charge is -2.26. The number of hydrogen-bond donors (Lipinski definition) is 3. The van der Waals surface area contributed by atoms with Gasteiger partial charge in [0, 0.05) is 23.6 Å². The van der Waals surface area contributed by atoms with Crippen LogP contribution in [0, 0.1) is 0 Å². The molecule has 0 spiro atoms. The molecular formula is C23H27N5O2. The first-order valence-corrected chi connectivity index (χ1v) is 9.72. The number of aromatic nitrogens is 1. The van der Waals surface area contributed by atoms with Crippen LogP contribution in [0.3, 0.4) is 0 Å². The van der Waals surface area contributed by atoms with Gasteiger partial charge in [-0.1, -0.05) is 30.7 Å². The predicted molar refractivity (Wildman–Crippen MR) is 118 cm³/mol. The highest BCUT2D eigenvalue weighted by Crippen LogP contribution is 2.25. The summed E-state index contributed by atoms with van der Waals surface area (Å²) >= 11 is 0. The molecule has 0 bridgehead atoms. The first-order chi connectivity index (χ1) is 14.2. The van der Waals surface area contributed by atoms with Crippen molar-refractivity contribution in [3.05, 3.63) is 89.0 Å². The van der Waals surface area contributed by atoms with Gasteiger partial charge in [0.15, 0.2) is 18.1 Å². The molecule has 1 aromatic carbocycles. The third-order valence-electron chi connectivity index (χ3n) is 4.65. The van der Waals surface area contributed by atoms with E-state index in [1.165, 1.54) is 6.20 Å². The summed E-state index contributed by atoms with van der Waals surface area (Å²) in [4.78, 5) is 16.7. The second kappa shape index (κ2) is 8.92. The van der Waals surface area contributed by atoms with Gasteiger partial charge in [-0.15, -0.1) is 0 Å². The molecule has 7 nitrogen and oxygen atoms in total. The monoisotopic (exact) mass is 405 g/mol. The average molecular weight is 406 g/mol. The van der Waals surface area contributed by atoms with Gasteiger partial charge in [-0.2, -0.15) is 6.20 Å². The zero-order valence-electron chi connectivity index (χ0n) is 17.6. The summed E-state index contributed by atoms with van der Waals surface area (Å²) < 4.78 is 1.97. The van der Waals surface area contributed by atoms with Crippen LogP contribution in [-0.4, -0.2) is 33.8 Å². The van der Waals surface area contributed by atoms with E-state index in [1.807, 2.05) is 55.2 Å². The minimum atomic E-state index is -1.06. The number of carbonyl (C=O) groups excluding carboxylic acids is 1. The van der Waals surface area contributed by atoms with Crippen molar-refractivity contribution in [2.45, 2.75) is 32.4 Å². The molecule has 1 atom stereocenters. The highest BCUT2D eigenvalue weighted by molar-refractivity contribution is 6.04. The number of allylic oxidation sites excluding steroid dienone is 1. The van der Waals surface area contributed by atoms with Gasteiger partial charge in [-0.3, -0.25) is 9.78 Å². The molecule has 1 unspecified atom stereocenters. The van der Waals surface area contributed by atoms with E-state index >= 15 is 0 Å². The maximum absolute atomic E-state index is 12.6. The van der Waals surface area contributed by atoms with Crippen LogP contribution in [-0.2, 0) is 5.60 Å².